The van der Waals surface area contributed by atoms with Gasteiger partial charge in [0.25, 0.3) is 0 Å². The molecule has 0 amide bonds. The maximum atomic E-state index is 12.7. The van der Waals surface area contributed by atoms with E-state index in [0.29, 0.717) is 12.8 Å². The van der Waals surface area contributed by atoms with Gasteiger partial charge in [-0.15, -0.1) is 0 Å². The topological polar surface area (TPSA) is 78.9 Å². The highest BCUT2D eigenvalue weighted by Gasteiger charge is 2.19. The van der Waals surface area contributed by atoms with Crippen molar-refractivity contribution in [2.24, 2.45) is 0 Å². The van der Waals surface area contributed by atoms with Crippen LogP contribution in [0.4, 0.5) is 0 Å². The second-order valence-electron chi connectivity index (χ2n) is 14.4. The zero-order valence-corrected chi connectivity index (χ0v) is 35.9. The summed E-state index contributed by atoms with van der Waals surface area (Å²) in [6.45, 7) is 6.24. The van der Waals surface area contributed by atoms with Crippen molar-refractivity contribution in [2.75, 3.05) is 13.2 Å². The van der Waals surface area contributed by atoms with Crippen LogP contribution < -0.4 is 0 Å². The molecule has 0 aromatic rings. The first-order valence-electron chi connectivity index (χ1n) is 22.3. The van der Waals surface area contributed by atoms with Gasteiger partial charge in [-0.3, -0.25) is 14.4 Å². The van der Waals surface area contributed by atoms with E-state index in [1.807, 2.05) is 60.8 Å². The highest BCUT2D eigenvalue weighted by atomic mass is 16.6. The number of rotatable bonds is 38. The van der Waals surface area contributed by atoms with Gasteiger partial charge in [-0.2, -0.15) is 0 Å². The second-order valence-corrected chi connectivity index (χ2v) is 14.4. The van der Waals surface area contributed by atoms with E-state index < -0.39 is 6.10 Å². The number of unbranched alkanes of at least 4 members (excludes halogenated alkanes) is 17. The first-order chi connectivity index (χ1) is 27.5. The molecule has 56 heavy (non-hydrogen) atoms. The molecule has 0 bridgehead atoms. The van der Waals surface area contributed by atoms with Crippen molar-refractivity contribution >= 4 is 17.9 Å². The Morgan fingerprint density at radius 2 is 0.714 bits per heavy atom. The van der Waals surface area contributed by atoms with E-state index in [2.05, 4.69) is 57.2 Å². The Balaban J connectivity index is 4.55. The fourth-order valence-electron chi connectivity index (χ4n) is 5.71. The summed E-state index contributed by atoms with van der Waals surface area (Å²) < 4.78 is 16.6. The highest BCUT2D eigenvalue weighted by Crippen LogP contribution is 2.14. The summed E-state index contributed by atoms with van der Waals surface area (Å²) >= 11 is 0. The van der Waals surface area contributed by atoms with Crippen LogP contribution in [0, 0.1) is 0 Å². The molecule has 316 valence electrons. The molecule has 1 unspecified atom stereocenters. The van der Waals surface area contributed by atoms with Crippen molar-refractivity contribution in [1.82, 2.24) is 0 Å². The number of allylic oxidation sites excluding steroid dienone is 16. The first-order valence-corrected chi connectivity index (χ1v) is 22.3. The van der Waals surface area contributed by atoms with E-state index in [9.17, 15) is 14.4 Å². The molecule has 0 rings (SSSR count). The van der Waals surface area contributed by atoms with Crippen LogP contribution in [-0.2, 0) is 28.6 Å². The summed E-state index contributed by atoms with van der Waals surface area (Å²) in [4.78, 5) is 37.7. The lowest BCUT2D eigenvalue weighted by Gasteiger charge is -2.18. The number of carbonyl (C=O) groups excluding carboxylic acids is 3. The van der Waals surface area contributed by atoms with Crippen LogP contribution in [0.15, 0.2) is 97.2 Å². The molecule has 6 heteroatoms. The van der Waals surface area contributed by atoms with Gasteiger partial charge in [0, 0.05) is 19.3 Å². The van der Waals surface area contributed by atoms with Crippen LogP contribution in [0.3, 0.4) is 0 Å². The number of ether oxygens (including phenoxy) is 3. The average Bonchev–Trinajstić information content (AvgIpc) is 3.19. The molecule has 0 spiro atoms. The molecule has 0 aliphatic carbocycles. The van der Waals surface area contributed by atoms with Crippen LogP contribution in [0.5, 0.6) is 0 Å². The number of carbonyl (C=O) groups is 3. The fraction of sp³-hybridized carbons (Fsp3) is 0.620. The Bertz CT molecular complexity index is 1170. The molecule has 0 aliphatic rings. The molecule has 1 atom stereocenters. The molecule has 0 heterocycles. The van der Waals surface area contributed by atoms with Crippen LogP contribution in [0.1, 0.15) is 181 Å². The predicted molar refractivity (Wildman–Crippen MR) is 237 cm³/mol. The summed E-state index contributed by atoms with van der Waals surface area (Å²) in [6, 6.07) is 0. The van der Waals surface area contributed by atoms with Gasteiger partial charge < -0.3 is 14.2 Å². The summed E-state index contributed by atoms with van der Waals surface area (Å²) in [5.74, 6) is -1.02. The first kappa shape index (κ1) is 52.3. The van der Waals surface area contributed by atoms with E-state index in [1.54, 1.807) is 0 Å². The summed E-state index contributed by atoms with van der Waals surface area (Å²) in [5, 5.41) is 0. The van der Waals surface area contributed by atoms with Gasteiger partial charge in [0.1, 0.15) is 13.2 Å². The Kier molecular flexibility index (Phi) is 41.2. The molecular formula is C50H80O6. The average molecular weight is 777 g/mol. The monoisotopic (exact) mass is 777 g/mol. The van der Waals surface area contributed by atoms with Crippen LogP contribution in [-0.4, -0.2) is 37.2 Å². The van der Waals surface area contributed by atoms with Gasteiger partial charge in [0.2, 0.25) is 0 Å². The molecule has 0 saturated carbocycles. The fourth-order valence-corrected chi connectivity index (χ4v) is 5.71. The molecule has 0 aromatic carbocycles. The largest absolute Gasteiger partial charge is 0.462 e. The lowest BCUT2D eigenvalue weighted by molar-refractivity contribution is -0.167. The Labute approximate surface area is 343 Å². The number of esters is 3. The lowest BCUT2D eigenvalue weighted by Crippen LogP contribution is -2.30. The van der Waals surface area contributed by atoms with Gasteiger partial charge >= 0.3 is 17.9 Å². The van der Waals surface area contributed by atoms with Crippen molar-refractivity contribution in [3.63, 3.8) is 0 Å². The highest BCUT2D eigenvalue weighted by molar-refractivity contribution is 5.71. The summed E-state index contributed by atoms with van der Waals surface area (Å²) in [6.07, 6.45) is 56.8. The Morgan fingerprint density at radius 3 is 1.16 bits per heavy atom. The van der Waals surface area contributed by atoms with Crippen molar-refractivity contribution < 1.29 is 28.6 Å². The van der Waals surface area contributed by atoms with E-state index in [-0.39, 0.29) is 44.0 Å². The predicted octanol–water partition coefficient (Wildman–Crippen LogP) is 14.2. The Morgan fingerprint density at radius 1 is 0.375 bits per heavy atom. The maximum absolute atomic E-state index is 12.7. The van der Waals surface area contributed by atoms with Crippen LogP contribution >= 0.6 is 0 Å². The smallest absolute Gasteiger partial charge is 0.306 e. The minimum atomic E-state index is -0.814. The quantitative estimate of drug-likeness (QED) is 0.0269. The Hall–Kier alpha value is -3.67. The van der Waals surface area contributed by atoms with E-state index in [4.69, 9.17) is 14.2 Å². The summed E-state index contributed by atoms with van der Waals surface area (Å²) in [5.41, 5.74) is 0. The van der Waals surface area contributed by atoms with Crippen molar-refractivity contribution in [1.29, 1.82) is 0 Å². The maximum Gasteiger partial charge on any atom is 0.306 e. The van der Waals surface area contributed by atoms with Crippen molar-refractivity contribution in [2.45, 2.75) is 187 Å². The minimum Gasteiger partial charge on any atom is -0.462 e. The van der Waals surface area contributed by atoms with E-state index >= 15 is 0 Å². The number of hydrogen-bond donors (Lipinski definition) is 0. The molecule has 6 nitrogen and oxygen atoms in total. The minimum absolute atomic E-state index is 0.109. The molecule has 0 saturated heterocycles. The van der Waals surface area contributed by atoms with Gasteiger partial charge in [0.05, 0.1) is 0 Å². The van der Waals surface area contributed by atoms with Gasteiger partial charge in [-0.1, -0.05) is 208 Å². The number of hydrogen-bond acceptors (Lipinski definition) is 6. The molecule has 0 aromatic heterocycles. The van der Waals surface area contributed by atoms with Gasteiger partial charge in [-0.25, -0.2) is 0 Å². The third-order valence-corrected chi connectivity index (χ3v) is 9.02. The summed E-state index contributed by atoms with van der Waals surface area (Å²) in [7, 11) is 0. The third-order valence-electron chi connectivity index (χ3n) is 9.02. The van der Waals surface area contributed by atoms with E-state index in [1.165, 1.54) is 57.8 Å². The zero-order valence-electron chi connectivity index (χ0n) is 35.9. The van der Waals surface area contributed by atoms with Crippen LogP contribution in [0.25, 0.3) is 0 Å². The molecule has 0 aliphatic heterocycles. The zero-order chi connectivity index (χ0) is 40.8. The standard InChI is InChI=1S/C50H80O6/c1-4-7-10-13-16-19-22-25-28-31-34-37-40-43-49(52)55-46-47(45-54-48(51)42-39-36-33-30-27-24-21-18-15-12-9-6-3)56-50(53)44-41-38-35-32-29-26-23-20-17-14-11-8-5-2/h7-8,10-11,13-14,16-17,19-20,22-23,25,28,31,34,47H,4-6,9,12,15,18,21,24,26-27,29-30,32-33,35-46H2,1-3H3/b10-7-,11-8-,16-13-,17-14-,22-19-,23-20-,28-25-,34-31-. The van der Waals surface area contributed by atoms with Gasteiger partial charge in [0.15, 0.2) is 6.10 Å². The van der Waals surface area contributed by atoms with E-state index in [0.717, 1.165) is 77.0 Å². The second kappa shape index (κ2) is 44.0. The molecule has 0 radical (unpaired) electrons. The molecule has 0 fully saturated rings. The van der Waals surface area contributed by atoms with Crippen LogP contribution in [0.2, 0.25) is 0 Å². The van der Waals surface area contributed by atoms with Crippen molar-refractivity contribution in [3.8, 4) is 0 Å². The SMILES string of the molecule is CC\C=C/C=C\C=C/C=C\C=C/CCCC(=O)OCC(COC(=O)CCCCCCCCCCCCCC)OC(=O)CCCCCCC\C=C/C=C\C=C/CC. The lowest BCUT2D eigenvalue weighted by atomic mass is 10.0. The normalized spacial score (nSPS) is 13.0. The third kappa shape index (κ3) is 41.5. The molecule has 0 N–H and O–H groups in total. The van der Waals surface area contributed by atoms with Gasteiger partial charge in [-0.05, 0) is 51.4 Å². The van der Waals surface area contributed by atoms with Crippen molar-refractivity contribution in [3.05, 3.63) is 97.2 Å². The molecular weight excluding hydrogens is 697 g/mol.